The molecule has 1 aliphatic rings. The second-order valence-electron chi connectivity index (χ2n) is 12.5. The highest BCUT2D eigenvalue weighted by atomic mass is 32.2. The van der Waals surface area contributed by atoms with E-state index in [-0.39, 0.29) is 5.41 Å². The van der Waals surface area contributed by atoms with Crippen molar-refractivity contribution in [2.45, 2.75) is 29.1 Å². The van der Waals surface area contributed by atoms with E-state index in [0.29, 0.717) is 0 Å². The standard InChI is InChI=1S/C40H28N4S/c1-40(2)28-13-4-10-21-37(28)45-38-29(40)14-11-20-36(38)43-31-16-6-3-12-26(31)27-24-25(22-23-32(27)43)42-34-18-8-9-19-35(34)44-33-17-7-5-15-30(33)41-39(42)44/h3-24H,1-2H3. The largest absolute Gasteiger partial charge is 0.308 e. The van der Waals surface area contributed by atoms with E-state index < -0.39 is 0 Å². The minimum Gasteiger partial charge on any atom is -0.308 e. The van der Waals surface area contributed by atoms with Gasteiger partial charge in [-0.15, -0.1) is 0 Å². The maximum atomic E-state index is 5.12. The van der Waals surface area contributed by atoms with Gasteiger partial charge in [0.15, 0.2) is 0 Å². The minimum atomic E-state index is -0.0896. The van der Waals surface area contributed by atoms with Crippen LogP contribution in [0.5, 0.6) is 0 Å². The summed E-state index contributed by atoms with van der Waals surface area (Å²) in [5.41, 5.74) is 11.8. The zero-order valence-corrected chi connectivity index (χ0v) is 25.7. The average Bonchev–Trinajstić information content (AvgIpc) is 3.71. The fourth-order valence-corrected chi connectivity index (χ4v) is 9.09. The quantitative estimate of drug-likeness (QED) is 0.199. The van der Waals surface area contributed by atoms with Crippen molar-refractivity contribution in [3.63, 3.8) is 0 Å². The van der Waals surface area contributed by atoms with Crippen LogP contribution in [0.15, 0.2) is 143 Å². The lowest BCUT2D eigenvalue weighted by Crippen LogP contribution is -2.24. The molecule has 0 N–H and O–H groups in total. The predicted octanol–water partition coefficient (Wildman–Crippen LogP) is 10.3. The Balaban J connectivity index is 1.25. The molecule has 0 unspecified atom stereocenters. The highest BCUT2D eigenvalue weighted by molar-refractivity contribution is 7.99. The first kappa shape index (κ1) is 25.1. The SMILES string of the molecule is CC1(C)c2ccccc2Sc2c(-n3c4ccccc4c4cc(-n5c6ccccc6n6c7ccccc7nc56)ccc43)cccc21. The predicted molar refractivity (Wildman–Crippen MR) is 187 cm³/mol. The lowest BCUT2D eigenvalue weighted by molar-refractivity contribution is 0.606. The van der Waals surface area contributed by atoms with Gasteiger partial charge in [-0.25, -0.2) is 4.98 Å². The molecule has 0 bridgehead atoms. The van der Waals surface area contributed by atoms with Crippen LogP contribution in [0, 0.1) is 0 Å². The van der Waals surface area contributed by atoms with Crippen molar-refractivity contribution in [3.8, 4) is 11.4 Å². The number of fused-ring (bicyclic) bond motifs is 10. The third kappa shape index (κ3) is 3.31. The molecule has 5 heteroatoms. The number of nitrogens with zero attached hydrogens (tertiary/aromatic N) is 4. The molecule has 9 aromatic rings. The zero-order valence-electron chi connectivity index (χ0n) is 24.9. The Morgan fingerprint density at radius 1 is 0.556 bits per heavy atom. The number of para-hydroxylation sites is 5. The van der Waals surface area contributed by atoms with Crippen molar-refractivity contribution in [2.75, 3.05) is 0 Å². The van der Waals surface area contributed by atoms with Gasteiger partial charge in [0.05, 0.1) is 38.8 Å². The molecule has 0 spiro atoms. The molecule has 45 heavy (non-hydrogen) atoms. The maximum absolute atomic E-state index is 5.12. The van der Waals surface area contributed by atoms with Gasteiger partial charge in [0, 0.05) is 31.7 Å². The third-order valence-electron chi connectivity index (χ3n) is 9.70. The van der Waals surface area contributed by atoms with Gasteiger partial charge in [0.2, 0.25) is 5.78 Å². The molecule has 0 saturated carbocycles. The van der Waals surface area contributed by atoms with Crippen molar-refractivity contribution in [1.29, 1.82) is 0 Å². The number of benzene rings is 6. The van der Waals surface area contributed by atoms with Crippen LogP contribution in [0.1, 0.15) is 25.0 Å². The average molecular weight is 597 g/mol. The zero-order chi connectivity index (χ0) is 29.9. The van der Waals surface area contributed by atoms with E-state index in [1.54, 1.807) is 0 Å². The van der Waals surface area contributed by atoms with Gasteiger partial charge >= 0.3 is 0 Å². The summed E-state index contributed by atoms with van der Waals surface area (Å²) in [4.78, 5) is 7.79. The number of aromatic nitrogens is 4. The highest BCUT2D eigenvalue weighted by Gasteiger charge is 2.34. The van der Waals surface area contributed by atoms with E-state index in [1.807, 2.05) is 11.8 Å². The second-order valence-corrected chi connectivity index (χ2v) is 13.5. The van der Waals surface area contributed by atoms with Gasteiger partial charge in [0.1, 0.15) is 0 Å². The molecule has 0 atom stereocenters. The number of imidazole rings is 2. The van der Waals surface area contributed by atoms with Crippen LogP contribution in [0.4, 0.5) is 0 Å². The molecule has 0 aliphatic carbocycles. The Bertz CT molecular complexity index is 2670. The van der Waals surface area contributed by atoms with Crippen LogP contribution >= 0.6 is 11.8 Å². The van der Waals surface area contributed by atoms with Crippen molar-refractivity contribution < 1.29 is 0 Å². The van der Waals surface area contributed by atoms with Crippen molar-refractivity contribution >= 4 is 61.4 Å². The number of rotatable bonds is 2. The molecule has 10 rings (SSSR count). The fourth-order valence-electron chi connectivity index (χ4n) is 7.59. The highest BCUT2D eigenvalue weighted by Crippen LogP contribution is 2.51. The van der Waals surface area contributed by atoms with Crippen LogP contribution in [-0.2, 0) is 5.41 Å². The molecule has 4 heterocycles. The van der Waals surface area contributed by atoms with Gasteiger partial charge in [0.25, 0.3) is 0 Å². The Morgan fingerprint density at radius 3 is 2.13 bits per heavy atom. The number of hydrogen-bond acceptors (Lipinski definition) is 2. The molecule has 4 nitrogen and oxygen atoms in total. The second kappa shape index (κ2) is 8.90. The minimum absolute atomic E-state index is 0.0896. The van der Waals surface area contributed by atoms with Crippen LogP contribution in [0.25, 0.3) is 61.0 Å². The molecular formula is C40H28N4S. The molecular weight excluding hydrogens is 569 g/mol. The molecule has 1 aliphatic heterocycles. The molecule has 0 amide bonds. The summed E-state index contributed by atoms with van der Waals surface area (Å²) >= 11 is 1.90. The van der Waals surface area contributed by atoms with E-state index >= 15 is 0 Å². The van der Waals surface area contributed by atoms with Gasteiger partial charge in [-0.3, -0.25) is 8.97 Å². The summed E-state index contributed by atoms with van der Waals surface area (Å²) in [7, 11) is 0. The summed E-state index contributed by atoms with van der Waals surface area (Å²) in [6.07, 6.45) is 0. The summed E-state index contributed by atoms with van der Waals surface area (Å²) in [5, 5.41) is 2.47. The Hall–Kier alpha value is -5.26. The first-order chi connectivity index (χ1) is 22.1. The van der Waals surface area contributed by atoms with E-state index in [0.717, 1.165) is 33.5 Å². The molecule has 0 saturated heterocycles. The molecule has 3 aromatic heterocycles. The van der Waals surface area contributed by atoms with Gasteiger partial charge < -0.3 is 4.57 Å². The molecule has 0 fully saturated rings. The normalized spacial score (nSPS) is 14.1. The lowest BCUT2D eigenvalue weighted by Gasteiger charge is -2.35. The van der Waals surface area contributed by atoms with Crippen LogP contribution in [-0.4, -0.2) is 18.5 Å². The molecule has 214 valence electrons. The first-order valence-electron chi connectivity index (χ1n) is 15.4. The van der Waals surface area contributed by atoms with E-state index in [9.17, 15) is 0 Å². The monoisotopic (exact) mass is 596 g/mol. The molecule has 6 aromatic carbocycles. The fraction of sp³-hybridized carbons (Fsp3) is 0.0750. The summed E-state index contributed by atoms with van der Waals surface area (Å²) in [6.45, 7) is 4.71. The van der Waals surface area contributed by atoms with Crippen molar-refractivity contribution in [3.05, 3.63) is 145 Å². The van der Waals surface area contributed by atoms with E-state index in [1.165, 1.54) is 48.4 Å². The number of hydrogen-bond donors (Lipinski definition) is 0. The summed E-state index contributed by atoms with van der Waals surface area (Å²) in [6, 6.07) is 48.4. The van der Waals surface area contributed by atoms with Gasteiger partial charge in [-0.05, 0) is 71.8 Å². The van der Waals surface area contributed by atoms with E-state index in [2.05, 4.69) is 161 Å². The Morgan fingerprint density at radius 2 is 1.24 bits per heavy atom. The first-order valence-corrected chi connectivity index (χ1v) is 16.2. The van der Waals surface area contributed by atoms with Gasteiger partial charge in [-0.1, -0.05) is 98.4 Å². The smallest absolute Gasteiger partial charge is 0.220 e. The van der Waals surface area contributed by atoms with E-state index in [4.69, 9.17) is 4.98 Å². The van der Waals surface area contributed by atoms with Crippen LogP contribution in [0.3, 0.4) is 0 Å². The van der Waals surface area contributed by atoms with Gasteiger partial charge in [-0.2, -0.15) is 0 Å². The molecule has 0 radical (unpaired) electrons. The summed E-state index contributed by atoms with van der Waals surface area (Å²) in [5.74, 6) is 0.926. The third-order valence-corrected chi connectivity index (χ3v) is 10.9. The maximum Gasteiger partial charge on any atom is 0.220 e. The van der Waals surface area contributed by atoms with Crippen LogP contribution in [0.2, 0.25) is 0 Å². The summed E-state index contributed by atoms with van der Waals surface area (Å²) < 4.78 is 7.06. The Labute approximate surface area is 264 Å². The van der Waals surface area contributed by atoms with Crippen molar-refractivity contribution in [2.24, 2.45) is 0 Å². The van der Waals surface area contributed by atoms with Crippen molar-refractivity contribution in [1.82, 2.24) is 18.5 Å². The Kier molecular flexibility index (Phi) is 4.97. The topological polar surface area (TPSA) is 27.2 Å². The van der Waals surface area contributed by atoms with Crippen LogP contribution < -0.4 is 0 Å². The lowest BCUT2D eigenvalue weighted by atomic mass is 9.77.